The summed E-state index contributed by atoms with van der Waals surface area (Å²) < 4.78 is 15.0. The number of aromatic nitrogens is 2. The Balaban J connectivity index is 2.27. The molecule has 0 aliphatic carbocycles. The lowest BCUT2D eigenvalue weighted by Gasteiger charge is -2.19. The Morgan fingerprint density at radius 3 is 2.52 bits per heavy atom. The topological polar surface area (TPSA) is 51.5 Å². The number of nitrogens with zero attached hydrogens (tertiary/aromatic N) is 2. The molecule has 0 bridgehead atoms. The van der Waals surface area contributed by atoms with E-state index >= 15 is 0 Å². The molecule has 5 heteroatoms. The Bertz CT molecular complexity index is 918. The van der Waals surface area contributed by atoms with Crippen molar-refractivity contribution in [3.8, 4) is 5.69 Å². The average Bonchev–Trinajstić information content (AvgIpc) is 2.64. The molecule has 0 aliphatic rings. The molecule has 0 fully saturated rings. The zero-order valence-corrected chi connectivity index (χ0v) is 14.6. The van der Waals surface area contributed by atoms with Crippen molar-refractivity contribution in [1.82, 2.24) is 9.55 Å². The Kier molecular flexibility index (Phi) is 5.24. The van der Waals surface area contributed by atoms with Gasteiger partial charge in [0.2, 0.25) is 0 Å². The lowest BCUT2D eigenvalue weighted by atomic mass is 10.1. The molecule has 130 valence electrons. The third-order valence-corrected chi connectivity index (χ3v) is 4.40. The number of fused-ring (bicyclic) bond motifs is 1. The van der Waals surface area contributed by atoms with E-state index in [2.05, 4.69) is 19.2 Å². The van der Waals surface area contributed by atoms with Crippen molar-refractivity contribution in [1.29, 1.82) is 0 Å². The van der Waals surface area contributed by atoms with Crippen LogP contribution in [0.4, 0.5) is 4.39 Å². The zero-order chi connectivity index (χ0) is 17.8. The van der Waals surface area contributed by atoms with Crippen LogP contribution in [0.15, 0.2) is 53.3 Å². The first-order valence-electron chi connectivity index (χ1n) is 8.76. The fourth-order valence-corrected chi connectivity index (χ4v) is 3.06. The third kappa shape index (κ3) is 3.46. The third-order valence-electron chi connectivity index (χ3n) is 4.40. The molecule has 0 aliphatic heterocycles. The summed E-state index contributed by atoms with van der Waals surface area (Å²) in [6, 6.07) is 13.4. The zero-order valence-electron chi connectivity index (χ0n) is 14.6. The molecule has 1 aromatic heterocycles. The second kappa shape index (κ2) is 7.57. The molecule has 0 saturated carbocycles. The van der Waals surface area contributed by atoms with Crippen molar-refractivity contribution in [3.63, 3.8) is 0 Å². The fourth-order valence-electron chi connectivity index (χ4n) is 3.06. The van der Waals surface area contributed by atoms with Crippen LogP contribution >= 0.6 is 0 Å². The first kappa shape index (κ1) is 17.3. The van der Waals surface area contributed by atoms with E-state index in [1.807, 2.05) is 18.2 Å². The van der Waals surface area contributed by atoms with Crippen LogP contribution < -0.4 is 10.9 Å². The van der Waals surface area contributed by atoms with Gasteiger partial charge in [0.25, 0.3) is 5.56 Å². The molecular weight excluding hydrogens is 317 g/mol. The van der Waals surface area contributed by atoms with Gasteiger partial charge in [0.1, 0.15) is 11.9 Å². The van der Waals surface area contributed by atoms with Gasteiger partial charge in [-0.05, 0) is 42.8 Å². The smallest absolute Gasteiger partial charge is 0.266 e. The quantitative estimate of drug-likeness (QED) is 0.750. The molecule has 0 saturated heterocycles. The standard InChI is InChI=1S/C20H22FN3O/c1-3-13-22-17(4-2)19-23-18-8-6-5-7-16(18)20(25)24(19)15-11-9-14(21)10-12-15/h5-12,17,22H,3-4,13H2,1-2H3/p+1/t17-/m0/s1. The number of quaternary nitrogens is 1. The van der Waals surface area contributed by atoms with Crippen LogP contribution in [-0.4, -0.2) is 16.1 Å². The molecule has 1 heterocycles. The number of rotatable bonds is 6. The molecule has 3 aromatic rings. The van der Waals surface area contributed by atoms with Gasteiger partial charge in [0.05, 0.1) is 23.1 Å². The van der Waals surface area contributed by atoms with Crippen molar-refractivity contribution in [2.75, 3.05) is 6.54 Å². The second-order valence-corrected chi connectivity index (χ2v) is 6.14. The second-order valence-electron chi connectivity index (χ2n) is 6.14. The van der Waals surface area contributed by atoms with Crippen LogP contribution in [0.3, 0.4) is 0 Å². The van der Waals surface area contributed by atoms with Crippen LogP contribution in [0, 0.1) is 5.82 Å². The van der Waals surface area contributed by atoms with Gasteiger partial charge in [-0.15, -0.1) is 0 Å². The first-order valence-corrected chi connectivity index (χ1v) is 8.76. The summed E-state index contributed by atoms with van der Waals surface area (Å²) in [5.74, 6) is 0.392. The van der Waals surface area contributed by atoms with Crippen molar-refractivity contribution >= 4 is 10.9 Å². The summed E-state index contributed by atoms with van der Waals surface area (Å²) in [4.78, 5) is 17.9. The maximum absolute atomic E-state index is 13.3. The molecule has 4 nitrogen and oxygen atoms in total. The van der Waals surface area contributed by atoms with Crippen LogP contribution in [0.25, 0.3) is 16.6 Å². The van der Waals surface area contributed by atoms with Gasteiger partial charge in [0.15, 0.2) is 5.82 Å². The number of hydrogen-bond donors (Lipinski definition) is 1. The van der Waals surface area contributed by atoms with Gasteiger partial charge in [-0.1, -0.05) is 26.0 Å². The normalized spacial score (nSPS) is 12.4. The van der Waals surface area contributed by atoms with Crippen molar-refractivity contribution in [3.05, 3.63) is 70.5 Å². The number of benzene rings is 2. The minimum absolute atomic E-state index is 0.0716. The first-order chi connectivity index (χ1) is 12.2. The Labute approximate surface area is 146 Å². The van der Waals surface area contributed by atoms with Crippen LogP contribution in [0.5, 0.6) is 0 Å². The molecule has 2 N–H and O–H groups in total. The fraction of sp³-hybridized carbons (Fsp3) is 0.300. The van der Waals surface area contributed by atoms with Gasteiger partial charge in [-0.2, -0.15) is 0 Å². The van der Waals surface area contributed by atoms with Crippen molar-refractivity contribution < 1.29 is 9.71 Å². The molecule has 0 unspecified atom stereocenters. The summed E-state index contributed by atoms with van der Waals surface area (Å²) in [5, 5.41) is 2.79. The summed E-state index contributed by atoms with van der Waals surface area (Å²) in [6.45, 7) is 5.18. The summed E-state index contributed by atoms with van der Waals surface area (Å²) >= 11 is 0. The molecule has 0 amide bonds. The van der Waals surface area contributed by atoms with E-state index < -0.39 is 0 Å². The predicted molar refractivity (Wildman–Crippen MR) is 97.4 cm³/mol. The largest absolute Gasteiger partial charge is 0.338 e. The highest BCUT2D eigenvalue weighted by atomic mass is 19.1. The highest BCUT2D eigenvalue weighted by molar-refractivity contribution is 5.77. The molecule has 0 radical (unpaired) electrons. The van der Waals surface area contributed by atoms with Crippen LogP contribution in [0.2, 0.25) is 0 Å². The van der Waals surface area contributed by atoms with Gasteiger partial charge in [-0.25, -0.2) is 9.37 Å². The molecule has 1 atom stereocenters. The van der Waals surface area contributed by atoms with Gasteiger partial charge >= 0.3 is 0 Å². The average molecular weight is 340 g/mol. The predicted octanol–water partition coefficient (Wildman–Crippen LogP) is 2.95. The number of para-hydroxylation sites is 1. The lowest BCUT2D eigenvalue weighted by molar-refractivity contribution is -0.697. The molecule has 0 spiro atoms. The van der Waals surface area contributed by atoms with Crippen LogP contribution in [0.1, 0.15) is 38.6 Å². The van der Waals surface area contributed by atoms with E-state index in [4.69, 9.17) is 4.98 Å². The molecule has 25 heavy (non-hydrogen) atoms. The summed E-state index contributed by atoms with van der Waals surface area (Å²) in [6.07, 6.45) is 1.90. The molecule has 2 aromatic carbocycles. The Morgan fingerprint density at radius 2 is 1.84 bits per heavy atom. The van der Waals surface area contributed by atoms with E-state index in [0.29, 0.717) is 22.4 Å². The maximum Gasteiger partial charge on any atom is 0.266 e. The minimum Gasteiger partial charge on any atom is -0.338 e. The van der Waals surface area contributed by atoms with Gasteiger partial charge in [0, 0.05) is 6.42 Å². The highest BCUT2D eigenvalue weighted by Gasteiger charge is 2.22. The highest BCUT2D eigenvalue weighted by Crippen LogP contribution is 2.18. The Morgan fingerprint density at radius 1 is 1.12 bits per heavy atom. The van der Waals surface area contributed by atoms with Crippen molar-refractivity contribution in [2.45, 2.75) is 32.7 Å². The number of halogens is 1. The molecule has 3 rings (SSSR count). The summed E-state index contributed by atoms with van der Waals surface area (Å²) in [7, 11) is 0. The van der Waals surface area contributed by atoms with E-state index in [0.717, 1.165) is 19.4 Å². The van der Waals surface area contributed by atoms with E-state index in [1.165, 1.54) is 12.1 Å². The van der Waals surface area contributed by atoms with E-state index in [-0.39, 0.29) is 17.4 Å². The van der Waals surface area contributed by atoms with E-state index in [9.17, 15) is 9.18 Å². The molecular formula is C20H23FN3O+. The lowest BCUT2D eigenvalue weighted by Crippen LogP contribution is -2.85. The number of hydrogen-bond acceptors (Lipinski definition) is 2. The van der Waals surface area contributed by atoms with Crippen LogP contribution in [-0.2, 0) is 0 Å². The van der Waals surface area contributed by atoms with E-state index in [1.54, 1.807) is 22.8 Å². The Hall–Kier alpha value is -2.53. The number of nitrogens with two attached hydrogens (primary N) is 1. The van der Waals surface area contributed by atoms with Crippen molar-refractivity contribution in [2.24, 2.45) is 0 Å². The monoisotopic (exact) mass is 340 g/mol. The maximum atomic E-state index is 13.3. The minimum atomic E-state index is -0.323. The summed E-state index contributed by atoms with van der Waals surface area (Å²) in [5.41, 5.74) is 1.22. The van der Waals surface area contributed by atoms with Gasteiger partial charge in [-0.3, -0.25) is 9.36 Å². The van der Waals surface area contributed by atoms with Gasteiger partial charge < -0.3 is 5.32 Å². The SMILES string of the molecule is CCC[NH2+][C@@H](CC)c1nc2ccccc2c(=O)n1-c1ccc(F)cc1.